The standard InChI is InChI=1S/C30H43N2/c1-9-24(25-16-14-13-15-17-25)18-21(5)26-19-22(6)29(23(7)20-26)30-31(8)27(10-2)28(11-3)32(30)12-4/h13-17,19-21,24H,9-12,18H2,1-8H3/q+1. The zero-order chi connectivity index (χ0) is 23.4. The van der Waals surface area contributed by atoms with Crippen molar-refractivity contribution in [3.05, 3.63) is 76.1 Å². The van der Waals surface area contributed by atoms with Crippen LogP contribution in [0.3, 0.4) is 0 Å². The molecule has 0 aliphatic rings. The Morgan fingerprint density at radius 1 is 0.875 bits per heavy atom. The van der Waals surface area contributed by atoms with Crippen LogP contribution in [-0.2, 0) is 26.4 Å². The van der Waals surface area contributed by atoms with Gasteiger partial charge in [0.25, 0.3) is 5.82 Å². The molecule has 2 heteroatoms. The van der Waals surface area contributed by atoms with E-state index in [1.54, 1.807) is 0 Å². The molecule has 2 nitrogen and oxygen atoms in total. The largest absolute Gasteiger partial charge is 0.289 e. The van der Waals surface area contributed by atoms with Crippen molar-refractivity contribution in [2.45, 2.75) is 92.5 Å². The van der Waals surface area contributed by atoms with Crippen molar-refractivity contribution in [2.24, 2.45) is 7.05 Å². The minimum Gasteiger partial charge on any atom is -0.230 e. The third kappa shape index (κ3) is 4.56. The third-order valence-corrected chi connectivity index (χ3v) is 7.37. The van der Waals surface area contributed by atoms with Crippen molar-refractivity contribution in [2.75, 3.05) is 0 Å². The molecule has 0 aliphatic heterocycles. The Balaban J connectivity index is 2.00. The average molecular weight is 432 g/mol. The van der Waals surface area contributed by atoms with E-state index in [0.29, 0.717) is 11.8 Å². The molecule has 2 aromatic carbocycles. The first-order chi connectivity index (χ1) is 15.4. The highest BCUT2D eigenvalue weighted by Crippen LogP contribution is 2.35. The fraction of sp³-hybridized carbons (Fsp3) is 0.500. The lowest BCUT2D eigenvalue weighted by molar-refractivity contribution is -0.667. The maximum Gasteiger partial charge on any atom is 0.289 e. The summed E-state index contributed by atoms with van der Waals surface area (Å²) in [5.74, 6) is 2.52. The summed E-state index contributed by atoms with van der Waals surface area (Å²) in [5.41, 5.74) is 10.1. The summed E-state index contributed by atoms with van der Waals surface area (Å²) >= 11 is 0. The molecule has 0 bridgehead atoms. The minimum absolute atomic E-state index is 0.538. The summed E-state index contributed by atoms with van der Waals surface area (Å²) in [4.78, 5) is 0. The minimum atomic E-state index is 0.538. The van der Waals surface area contributed by atoms with E-state index in [1.807, 2.05) is 0 Å². The third-order valence-electron chi connectivity index (χ3n) is 7.37. The fourth-order valence-electron chi connectivity index (χ4n) is 5.73. The molecular weight excluding hydrogens is 388 g/mol. The number of aromatic nitrogens is 2. The molecule has 2 unspecified atom stereocenters. The number of hydrogen-bond acceptors (Lipinski definition) is 0. The predicted molar refractivity (Wildman–Crippen MR) is 137 cm³/mol. The number of nitrogens with zero attached hydrogens (tertiary/aromatic N) is 2. The molecule has 1 aromatic heterocycles. The van der Waals surface area contributed by atoms with Gasteiger partial charge in [0.1, 0.15) is 11.4 Å². The SMILES string of the molecule is CCc1c(CC)[n+](C)c(-c2c(C)cc(C(C)CC(CC)c3ccccc3)cc2C)n1CC. The molecule has 3 aromatic rings. The highest BCUT2D eigenvalue weighted by atomic mass is 15.2. The number of imidazole rings is 1. The number of hydrogen-bond donors (Lipinski definition) is 0. The predicted octanol–water partition coefficient (Wildman–Crippen LogP) is 7.43. The molecule has 2 atom stereocenters. The molecular formula is C30H43N2+. The second-order valence-corrected chi connectivity index (χ2v) is 9.41. The van der Waals surface area contributed by atoms with Crippen LogP contribution in [0, 0.1) is 13.8 Å². The summed E-state index contributed by atoms with van der Waals surface area (Å²) in [7, 11) is 2.25. The fourth-order valence-corrected chi connectivity index (χ4v) is 5.73. The molecule has 3 rings (SSSR count). The van der Waals surface area contributed by atoms with Crippen molar-refractivity contribution < 1.29 is 4.57 Å². The summed E-state index contributed by atoms with van der Waals surface area (Å²) < 4.78 is 4.99. The summed E-state index contributed by atoms with van der Waals surface area (Å²) in [5, 5.41) is 0. The van der Waals surface area contributed by atoms with Gasteiger partial charge >= 0.3 is 0 Å². The Bertz CT molecular complexity index is 1020. The van der Waals surface area contributed by atoms with E-state index in [4.69, 9.17) is 0 Å². The second kappa shape index (κ2) is 10.5. The topological polar surface area (TPSA) is 8.81 Å². The van der Waals surface area contributed by atoms with E-state index < -0.39 is 0 Å². The van der Waals surface area contributed by atoms with Crippen molar-refractivity contribution in [1.82, 2.24) is 4.57 Å². The van der Waals surface area contributed by atoms with E-state index in [-0.39, 0.29) is 0 Å². The monoisotopic (exact) mass is 431 g/mol. The first-order valence-corrected chi connectivity index (χ1v) is 12.6. The Kier molecular flexibility index (Phi) is 7.98. The van der Waals surface area contributed by atoms with Gasteiger partial charge in [0.2, 0.25) is 0 Å². The van der Waals surface area contributed by atoms with Crippen LogP contribution in [0.1, 0.15) is 92.9 Å². The Morgan fingerprint density at radius 2 is 1.50 bits per heavy atom. The van der Waals surface area contributed by atoms with Gasteiger partial charge in [-0.25, -0.2) is 9.13 Å². The highest BCUT2D eigenvalue weighted by molar-refractivity contribution is 5.65. The lowest BCUT2D eigenvalue weighted by atomic mass is 9.83. The van der Waals surface area contributed by atoms with Crippen molar-refractivity contribution in [3.63, 3.8) is 0 Å². The molecule has 1 heterocycles. The van der Waals surface area contributed by atoms with Crippen LogP contribution in [0.2, 0.25) is 0 Å². The summed E-state index contributed by atoms with van der Waals surface area (Å²) in [6.07, 6.45) is 4.53. The van der Waals surface area contributed by atoms with Gasteiger partial charge in [-0.1, -0.05) is 70.2 Å². The van der Waals surface area contributed by atoms with Crippen molar-refractivity contribution in [3.8, 4) is 11.4 Å². The van der Waals surface area contributed by atoms with E-state index >= 15 is 0 Å². The van der Waals surface area contributed by atoms with Gasteiger partial charge in [-0.3, -0.25) is 0 Å². The van der Waals surface area contributed by atoms with Gasteiger partial charge in [0, 0.05) is 12.8 Å². The number of benzene rings is 2. The Hall–Kier alpha value is -2.35. The summed E-state index contributed by atoms with van der Waals surface area (Å²) in [6, 6.07) is 15.9. The molecule has 32 heavy (non-hydrogen) atoms. The maximum absolute atomic E-state index is 2.54. The highest BCUT2D eigenvalue weighted by Gasteiger charge is 2.29. The Labute approximate surface area is 196 Å². The van der Waals surface area contributed by atoms with E-state index in [0.717, 1.165) is 19.4 Å². The molecule has 0 saturated heterocycles. The van der Waals surface area contributed by atoms with E-state index in [1.165, 1.54) is 57.9 Å². The van der Waals surface area contributed by atoms with Crippen LogP contribution in [0.4, 0.5) is 0 Å². The first-order valence-electron chi connectivity index (χ1n) is 12.6. The molecule has 172 valence electrons. The van der Waals surface area contributed by atoms with Gasteiger partial charge in [-0.15, -0.1) is 0 Å². The van der Waals surface area contributed by atoms with Crippen LogP contribution in [-0.4, -0.2) is 4.57 Å². The van der Waals surface area contributed by atoms with Crippen LogP contribution >= 0.6 is 0 Å². The number of rotatable bonds is 9. The molecule has 0 amide bonds. The maximum atomic E-state index is 2.54. The van der Waals surface area contributed by atoms with E-state index in [9.17, 15) is 0 Å². The lowest BCUT2D eigenvalue weighted by Crippen LogP contribution is -2.34. The molecule has 0 spiro atoms. The quantitative estimate of drug-likeness (QED) is 0.312. The first kappa shape index (κ1) is 24.3. The Morgan fingerprint density at radius 3 is 2.00 bits per heavy atom. The second-order valence-electron chi connectivity index (χ2n) is 9.41. The molecule has 0 radical (unpaired) electrons. The smallest absolute Gasteiger partial charge is 0.230 e. The van der Waals surface area contributed by atoms with E-state index in [2.05, 4.69) is 107 Å². The summed E-state index contributed by atoms with van der Waals surface area (Å²) in [6.45, 7) is 17.2. The molecule has 0 aliphatic carbocycles. The average Bonchev–Trinajstić information content (AvgIpc) is 3.07. The van der Waals surface area contributed by atoms with Gasteiger partial charge in [0.05, 0.1) is 19.2 Å². The number of aryl methyl sites for hydroxylation is 2. The van der Waals surface area contributed by atoms with Crippen molar-refractivity contribution >= 4 is 0 Å². The van der Waals surface area contributed by atoms with Crippen LogP contribution in [0.5, 0.6) is 0 Å². The molecule has 0 saturated carbocycles. The van der Waals surface area contributed by atoms with Crippen LogP contribution in [0.15, 0.2) is 42.5 Å². The van der Waals surface area contributed by atoms with Gasteiger partial charge in [-0.05, 0) is 67.7 Å². The zero-order valence-electron chi connectivity index (χ0n) is 21.6. The normalized spacial score (nSPS) is 13.4. The van der Waals surface area contributed by atoms with Gasteiger partial charge in [0.15, 0.2) is 0 Å². The lowest BCUT2D eigenvalue weighted by Gasteiger charge is -2.22. The zero-order valence-corrected chi connectivity index (χ0v) is 21.6. The van der Waals surface area contributed by atoms with Crippen LogP contribution in [0.25, 0.3) is 11.4 Å². The molecule has 0 N–H and O–H groups in total. The van der Waals surface area contributed by atoms with Gasteiger partial charge < -0.3 is 0 Å². The van der Waals surface area contributed by atoms with Crippen LogP contribution < -0.4 is 4.57 Å². The van der Waals surface area contributed by atoms with Gasteiger partial charge in [-0.2, -0.15) is 0 Å². The van der Waals surface area contributed by atoms with Crippen molar-refractivity contribution in [1.29, 1.82) is 0 Å². The molecule has 0 fully saturated rings.